The smallest absolute Gasteiger partial charge is 0.0832 e. The van der Waals surface area contributed by atoms with Gasteiger partial charge in [0.2, 0.25) is 0 Å². The van der Waals surface area contributed by atoms with Crippen LogP contribution in [-0.4, -0.2) is 30.3 Å². The third-order valence-corrected chi connectivity index (χ3v) is 3.64. The number of hydrazine groups is 1. The zero-order valence-corrected chi connectivity index (χ0v) is 9.81. The van der Waals surface area contributed by atoms with E-state index in [0.29, 0.717) is 12.1 Å². The second kappa shape index (κ2) is 7.51. The molecule has 3 N–H and O–H groups in total. The van der Waals surface area contributed by atoms with Crippen LogP contribution in [0.3, 0.4) is 0 Å². The van der Waals surface area contributed by atoms with Gasteiger partial charge in [-0.3, -0.25) is 11.3 Å². The minimum atomic E-state index is 0.315. The van der Waals surface area contributed by atoms with E-state index in [-0.39, 0.29) is 0 Å². The Labute approximate surface area is 91.1 Å². The molecule has 0 bridgehead atoms. The molecule has 0 aromatic rings. The van der Waals surface area contributed by atoms with Gasteiger partial charge in [-0.05, 0) is 6.42 Å². The van der Waals surface area contributed by atoms with E-state index in [4.69, 9.17) is 10.6 Å². The molecule has 1 heterocycles. The van der Waals surface area contributed by atoms with Crippen LogP contribution in [0.5, 0.6) is 0 Å². The third-order valence-electron chi connectivity index (χ3n) is 2.62. The largest absolute Gasteiger partial charge is 0.375 e. The standard InChI is InChI=1S/C10H22N2OS/c1-2-3-4-5-9(12-11)10-8-14-7-6-13-10/h9-10,12H,2-8,11H2,1H3. The summed E-state index contributed by atoms with van der Waals surface area (Å²) in [5.41, 5.74) is 2.89. The second-order valence-electron chi connectivity index (χ2n) is 3.75. The highest BCUT2D eigenvalue weighted by atomic mass is 32.2. The lowest BCUT2D eigenvalue weighted by molar-refractivity contribution is 0.0441. The lowest BCUT2D eigenvalue weighted by Gasteiger charge is -2.29. The summed E-state index contributed by atoms with van der Waals surface area (Å²) in [6.45, 7) is 3.10. The number of hydrogen-bond donors (Lipinski definition) is 2. The summed E-state index contributed by atoms with van der Waals surface area (Å²) in [6, 6.07) is 0.342. The van der Waals surface area contributed by atoms with Gasteiger partial charge in [-0.15, -0.1) is 0 Å². The normalized spacial score (nSPS) is 24.9. The first kappa shape index (κ1) is 12.3. The number of hydrogen-bond acceptors (Lipinski definition) is 4. The Morgan fingerprint density at radius 1 is 1.57 bits per heavy atom. The fourth-order valence-electron chi connectivity index (χ4n) is 1.73. The predicted molar refractivity (Wildman–Crippen MR) is 62.3 cm³/mol. The van der Waals surface area contributed by atoms with Gasteiger partial charge in [0, 0.05) is 17.5 Å². The van der Waals surface area contributed by atoms with Crippen molar-refractivity contribution in [3.63, 3.8) is 0 Å². The molecule has 0 saturated carbocycles. The quantitative estimate of drug-likeness (QED) is 0.403. The number of thioether (sulfide) groups is 1. The molecular formula is C10H22N2OS. The van der Waals surface area contributed by atoms with Crippen molar-refractivity contribution in [1.82, 2.24) is 5.43 Å². The molecule has 1 saturated heterocycles. The Balaban J connectivity index is 2.21. The van der Waals surface area contributed by atoms with Crippen molar-refractivity contribution in [2.45, 2.75) is 44.8 Å². The number of ether oxygens (including phenoxy) is 1. The molecule has 84 valence electrons. The highest BCUT2D eigenvalue weighted by molar-refractivity contribution is 7.99. The molecule has 0 amide bonds. The lowest BCUT2D eigenvalue weighted by Crippen LogP contribution is -2.47. The van der Waals surface area contributed by atoms with Crippen molar-refractivity contribution in [1.29, 1.82) is 0 Å². The molecule has 0 aliphatic carbocycles. The molecule has 2 atom stereocenters. The highest BCUT2D eigenvalue weighted by Crippen LogP contribution is 2.18. The van der Waals surface area contributed by atoms with Gasteiger partial charge in [0.15, 0.2) is 0 Å². The monoisotopic (exact) mass is 218 g/mol. The van der Waals surface area contributed by atoms with Crippen LogP contribution in [-0.2, 0) is 4.74 Å². The third kappa shape index (κ3) is 4.17. The Morgan fingerprint density at radius 3 is 3.00 bits per heavy atom. The number of nitrogens with one attached hydrogen (secondary N) is 1. The van der Waals surface area contributed by atoms with E-state index < -0.39 is 0 Å². The molecule has 1 fully saturated rings. The average Bonchev–Trinajstić information content (AvgIpc) is 2.26. The SMILES string of the molecule is CCCCCC(NN)C1CSCCO1. The minimum absolute atomic E-state index is 0.315. The maximum absolute atomic E-state index is 5.70. The second-order valence-corrected chi connectivity index (χ2v) is 4.90. The fraction of sp³-hybridized carbons (Fsp3) is 1.00. The summed E-state index contributed by atoms with van der Waals surface area (Å²) in [4.78, 5) is 0. The number of rotatable bonds is 6. The first-order chi connectivity index (χ1) is 6.88. The number of unbranched alkanes of at least 4 members (excludes halogenated alkanes) is 2. The van der Waals surface area contributed by atoms with E-state index in [0.717, 1.165) is 24.5 Å². The van der Waals surface area contributed by atoms with E-state index >= 15 is 0 Å². The Hall–Kier alpha value is 0.230. The van der Waals surface area contributed by atoms with E-state index in [1.165, 1.54) is 19.3 Å². The molecule has 0 aromatic carbocycles. The van der Waals surface area contributed by atoms with Crippen molar-refractivity contribution >= 4 is 11.8 Å². The average molecular weight is 218 g/mol. The maximum atomic E-state index is 5.70. The molecule has 1 aliphatic rings. The summed E-state index contributed by atoms with van der Waals surface area (Å²) in [6.07, 6.45) is 5.25. The van der Waals surface area contributed by atoms with Gasteiger partial charge in [-0.2, -0.15) is 11.8 Å². The van der Waals surface area contributed by atoms with Crippen LogP contribution in [0.1, 0.15) is 32.6 Å². The van der Waals surface area contributed by atoms with E-state index in [9.17, 15) is 0 Å². The van der Waals surface area contributed by atoms with Gasteiger partial charge in [-0.1, -0.05) is 26.2 Å². The summed E-state index contributed by atoms with van der Waals surface area (Å²) < 4.78 is 5.70. The van der Waals surface area contributed by atoms with Crippen molar-refractivity contribution in [3.8, 4) is 0 Å². The molecule has 1 aliphatic heterocycles. The number of nitrogens with two attached hydrogens (primary N) is 1. The van der Waals surface area contributed by atoms with Crippen molar-refractivity contribution in [3.05, 3.63) is 0 Å². The molecular weight excluding hydrogens is 196 g/mol. The molecule has 14 heavy (non-hydrogen) atoms. The van der Waals surface area contributed by atoms with Gasteiger partial charge in [-0.25, -0.2) is 0 Å². The first-order valence-corrected chi connectivity index (χ1v) is 6.69. The van der Waals surface area contributed by atoms with Crippen LogP contribution in [0.4, 0.5) is 0 Å². The van der Waals surface area contributed by atoms with Crippen LogP contribution in [0.2, 0.25) is 0 Å². The van der Waals surface area contributed by atoms with Crippen LogP contribution < -0.4 is 11.3 Å². The van der Waals surface area contributed by atoms with Gasteiger partial charge in [0.25, 0.3) is 0 Å². The van der Waals surface area contributed by atoms with E-state index in [1.807, 2.05) is 11.8 Å². The van der Waals surface area contributed by atoms with Crippen LogP contribution in [0.15, 0.2) is 0 Å². The van der Waals surface area contributed by atoms with Crippen LogP contribution in [0.25, 0.3) is 0 Å². The summed E-state index contributed by atoms with van der Waals surface area (Å²) >= 11 is 1.97. The summed E-state index contributed by atoms with van der Waals surface area (Å²) in [5.74, 6) is 7.76. The molecule has 2 unspecified atom stereocenters. The van der Waals surface area contributed by atoms with Gasteiger partial charge in [0.05, 0.1) is 12.7 Å². The van der Waals surface area contributed by atoms with Crippen molar-refractivity contribution in [2.24, 2.45) is 5.84 Å². The topological polar surface area (TPSA) is 47.3 Å². The molecule has 0 spiro atoms. The summed E-state index contributed by atoms with van der Waals surface area (Å²) in [5, 5.41) is 0. The fourth-order valence-corrected chi connectivity index (χ4v) is 2.67. The maximum Gasteiger partial charge on any atom is 0.0832 e. The lowest BCUT2D eigenvalue weighted by atomic mass is 10.0. The van der Waals surface area contributed by atoms with Gasteiger partial charge < -0.3 is 4.74 Å². The highest BCUT2D eigenvalue weighted by Gasteiger charge is 2.23. The zero-order valence-electron chi connectivity index (χ0n) is 9.00. The van der Waals surface area contributed by atoms with Gasteiger partial charge in [0.1, 0.15) is 0 Å². The Bertz CT molecular complexity index is 140. The van der Waals surface area contributed by atoms with E-state index in [2.05, 4.69) is 12.3 Å². The predicted octanol–water partition coefficient (Wildman–Crippen LogP) is 1.53. The molecule has 0 aromatic heterocycles. The van der Waals surface area contributed by atoms with Crippen LogP contribution >= 0.6 is 11.8 Å². The summed E-state index contributed by atoms with van der Waals surface area (Å²) in [7, 11) is 0. The minimum Gasteiger partial charge on any atom is -0.375 e. The first-order valence-electron chi connectivity index (χ1n) is 5.54. The van der Waals surface area contributed by atoms with Crippen LogP contribution in [0, 0.1) is 0 Å². The Morgan fingerprint density at radius 2 is 2.43 bits per heavy atom. The molecule has 1 rings (SSSR count). The zero-order chi connectivity index (χ0) is 10.2. The van der Waals surface area contributed by atoms with Gasteiger partial charge >= 0.3 is 0 Å². The molecule has 0 radical (unpaired) electrons. The van der Waals surface area contributed by atoms with Crippen molar-refractivity contribution in [2.75, 3.05) is 18.1 Å². The van der Waals surface area contributed by atoms with E-state index in [1.54, 1.807) is 0 Å². The molecule has 4 heteroatoms. The Kier molecular flexibility index (Phi) is 6.60. The molecule has 3 nitrogen and oxygen atoms in total. The van der Waals surface area contributed by atoms with Crippen molar-refractivity contribution < 1.29 is 4.74 Å².